The normalized spacial score (nSPS) is 10.7. The molecule has 0 heterocycles. The second-order valence-electron chi connectivity index (χ2n) is 1.70. The van der Waals surface area contributed by atoms with Crippen molar-refractivity contribution in [1.82, 2.24) is 0 Å². The topological polar surface area (TPSA) is 46.5 Å². The Bertz CT molecular complexity index is 154. The second-order valence-corrected chi connectivity index (χ2v) is 1.70. The van der Waals surface area contributed by atoms with Gasteiger partial charge in [0.25, 0.3) is 0 Å². The predicted octanol–water partition coefficient (Wildman–Crippen LogP) is 1.18. The quantitative estimate of drug-likeness (QED) is 0.278. The number of esters is 1. The molecular formula is C7H10O3. The number of aliphatic hydroxyl groups excluding tert-OH is 1. The van der Waals surface area contributed by atoms with Crippen molar-refractivity contribution < 1.29 is 14.6 Å². The van der Waals surface area contributed by atoms with Crippen LogP contribution in [0.3, 0.4) is 0 Å². The molecule has 0 aromatic carbocycles. The van der Waals surface area contributed by atoms with E-state index in [4.69, 9.17) is 5.11 Å². The maximum Gasteiger partial charge on any atom is 0.334 e. The van der Waals surface area contributed by atoms with Crippen LogP contribution in [-0.4, -0.2) is 17.7 Å². The Labute approximate surface area is 59.6 Å². The Morgan fingerprint density at radius 2 is 2.40 bits per heavy atom. The number of carbonyl (C=O) groups is 1. The number of carbonyl (C=O) groups excluding carboxylic acids is 1. The monoisotopic (exact) mass is 142 g/mol. The number of allylic oxidation sites excluding steroid dienone is 1. The highest BCUT2D eigenvalue weighted by molar-refractivity contribution is 5.82. The summed E-state index contributed by atoms with van der Waals surface area (Å²) in [6.45, 7) is 4.92. The van der Waals surface area contributed by atoms with Crippen LogP contribution in [0.4, 0.5) is 0 Å². The smallest absolute Gasteiger partial charge is 0.334 e. The van der Waals surface area contributed by atoms with Crippen LogP contribution in [0.15, 0.2) is 24.5 Å². The highest BCUT2D eigenvalue weighted by Gasteiger charge is 1.94. The molecule has 0 radical (unpaired) electrons. The Morgan fingerprint density at radius 3 is 2.80 bits per heavy atom. The number of aliphatic hydroxyl groups is 1. The fraction of sp³-hybridized carbons (Fsp3) is 0.286. The van der Waals surface area contributed by atoms with Crippen LogP contribution in [0.25, 0.3) is 0 Å². The summed E-state index contributed by atoms with van der Waals surface area (Å²) in [7, 11) is 0. The first-order chi connectivity index (χ1) is 4.66. The lowest BCUT2D eigenvalue weighted by Gasteiger charge is -1.94. The molecule has 0 aliphatic rings. The molecule has 0 rings (SSSR count). The Morgan fingerprint density at radius 1 is 1.80 bits per heavy atom. The molecule has 0 aromatic heterocycles. The third-order valence-electron chi connectivity index (χ3n) is 0.670. The van der Waals surface area contributed by atoms with Crippen molar-refractivity contribution >= 4 is 5.97 Å². The van der Waals surface area contributed by atoms with Crippen LogP contribution < -0.4 is 0 Å². The number of rotatable bonds is 3. The van der Waals surface area contributed by atoms with Gasteiger partial charge in [0, 0.05) is 0 Å². The van der Waals surface area contributed by atoms with Gasteiger partial charge in [-0.15, -0.1) is 0 Å². The molecule has 0 atom stereocenters. The van der Waals surface area contributed by atoms with Gasteiger partial charge in [-0.05, 0) is 6.92 Å². The predicted molar refractivity (Wildman–Crippen MR) is 37.5 cm³/mol. The van der Waals surface area contributed by atoms with Crippen LogP contribution in [0.2, 0.25) is 0 Å². The second kappa shape index (κ2) is 4.61. The van der Waals surface area contributed by atoms with E-state index < -0.39 is 5.97 Å². The molecule has 0 spiro atoms. The van der Waals surface area contributed by atoms with Gasteiger partial charge in [0.1, 0.15) is 6.61 Å². The molecule has 10 heavy (non-hydrogen) atoms. The third-order valence-corrected chi connectivity index (χ3v) is 0.670. The Kier molecular flexibility index (Phi) is 4.04. The molecule has 56 valence electrons. The van der Waals surface area contributed by atoms with Gasteiger partial charge in [-0.25, -0.2) is 4.79 Å². The molecule has 3 heteroatoms. The van der Waals surface area contributed by atoms with E-state index in [2.05, 4.69) is 11.3 Å². The fourth-order valence-electron chi connectivity index (χ4n) is 0.353. The average Bonchev–Trinajstić information content (AvgIpc) is 1.82. The van der Waals surface area contributed by atoms with Crippen molar-refractivity contribution in [1.29, 1.82) is 0 Å². The van der Waals surface area contributed by atoms with Crippen molar-refractivity contribution in [2.45, 2.75) is 6.92 Å². The van der Waals surface area contributed by atoms with E-state index in [1.165, 1.54) is 13.0 Å². The van der Waals surface area contributed by atoms with Crippen molar-refractivity contribution in [3.8, 4) is 0 Å². The third kappa shape index (κ3) is 4.90. The summed E-state index contributed by atoms with van der Waals surface area (Å²) in [6, 6.07) is 0. The van der Waals surface area contributed by atoms with E-state index in [9.17, 15) is 4.79 Å². The number of ether oxygens (including phenoxy) is 1. The average molecular weight is 142 g/mol. The van der Waals surface area contributed by atoms with Gasteiger partial charge in [0.15, 0.2) is 0 Å². The van der Waals surface area contributed by atoms with Gasteiger partial charge in [-0.3, -0.25) is 0 Å². The minimum atomic E-state index is -0.556. The van der Waals surface area contributed by atoms with E-state index in [0.717, 1.165) is 6.08 Å². The van der Waals surface area contributed by atoms with E-state index in [-0.39, 0.29) is 12.4 Å². The minimum Gasteiger partial charge on any atom is -0.512 e. The van der Waals surface area contributed by atoms with Crippen molar-refractivity contribution in [2.75, 3.05) is 6.61 Å². The van der Waals surface area contributed by atoms with Crippen LogP contribution in [0.1, 0.15) is 6.92 Å². The van der Waals surface area contributed by atoms with E-state index in [0.29, 0.717) is 0 Å². The Balaban J connectivity index is 3.64. The summed E-state index contributed by atoms with van der Waals surface area (Å²) in [4.78, 5) is 10.5. The molecule has 1 N–H and O–H groups in total. The van der Waals surface area contributed by atoms with Crippen molar-refractivity contribution in [3.05, 3.63) is 24.5 Å². The maximum atomic E-state index is 10.5. The summed E-state index contributed by atoms with van der Waals surface area (Å²) in [5.41, 5.74) is 0. The minimum absolute atomic E-state index is 0.0611. The van der Waals surface area contributed by atoms with Gasteiger partial charge in [0.05, 0.1) is 11.8 Å². The first-order valence-corrected chi connectivity index (χ1v) is 2.81. The summed E-state index contributed by atoms with van der Waals surface area (Å²) in [5, 5.41) is 8.56. The molecule has 0 amide bonds. The van der Waals surface area contributed by atoms with Gasteiger partial charge in [0.2, 0.25) is 0 Å². The lowest BCUT2D eigenvalue weighted by atomic mass is 10.5. The van der Waals surface area contributed by atoms with E-state index in [1.807, 2.05) is 0 Å². The largest absolute Gasteiger partial charge is 0.512 e. The van der Waals surface area contributed by atoms with Crippen LogP contribution in [-0.2, 0) is 9.53 Å². The summed E-state index contributed by atoms with van der Waals surface area (Å²) in [6.07, 6.45) is 2.46. The van der Waals surface area contributed by atoms with Crippen molar-refractivity contribution in [3.63, 3.8) is 0 Å². The van der Waals surface area contributed by atoms with Crippen LogP contribution in [0, 0.1) is 0 Å². The van der Waals surface area contributed by atoms with E-state index in [1.54, 1.807) is 0 Å². The highest BCUT2D eigenvalue weighted by Crippen LogP contribution is 1.87. The summed E-state index contributed by atoms with van der Waals surface area (Å²) < 4.78 is 4.51. The molecule has 0 saturated carbocycles. The molecule has 0 bridgehead atoms. The Hall–Kier alpha value is -1.25. The van der Waals surface area contributed by atoms with Gasteiger partial charge >= 0.3 is 5.97 Å². The van der Waals surface area contributed by atoms with Gasteiger partial charge < -0.3 is 9.84 Å². The molecule has 0 saturated heterocycles. The molecule has 0 aromatic rings. The maximum absolute atomic E-state index is 10.5. The first-order valence-electron chi connectivity index (χ1n) is 2.81. The molecule has 0 fully saturated rings. The summed E-state index contributed by atoms with van der Waals surface area (Å²) in [5.74, 6) is -0.617. The van der Waals surface area contributed by atoms with Crippen molar-refractivity contribution in [2.24, 2.45) is 0 Å². The standard InChI is InChI=1S/C7H10O3/c1-3-4-10-7(9)5-6(2)8/h3,5,8H,1,4H2,2H3. The first kappa shape index (κ1) is 8.75. The SMILES string of the molecule is C=CCOC(=O)C=C(C)O. The zero-order valence-corrected chi connectivity index (χ0v) is 5.83. The lowest BCUT2D eigenvalue weighted by molar-refractivity contribution is -0.136. The molecule has 0 unspecified atom stereocenters. The van der Waals surface area contributed by atoms with Crippen LogP contribution in [0.5, 0.6) is 0 Å². The van der Waals surface area contributed by atoms with Gasteiger partial charge in [-0.1, -0.05) is 12.7 Å². The summed E-state index contributed by atoms with van der Waals surface area (Å²) >= 11 is 0. The molecule has 0 aliphatic carbocycles. The van der Waals surface area contributed by atoms with E-state index >= 15 is 0 Å². The van der Waals surface area contributed by atoms with Crippen LogP contribution >= 0.6 is 0 Å². The number of hydrogen-bond donors (Lipinski definition) is 1. The lowest BCUT2D eigenvalue weighted by Crippen LogP contribution is -2.00. The zero-order valence-electron chi connectivity index (χ0n) is 5.83. The fourth-order valence-corrected chi connectivity index (χ4v) is 0.353. The number of hydrogen-bond acceptors (Lipinski definition) is 3. The molecule has 0 aliphatic heterocycles. The highest BCUT2D eigenvalue weighted by atomic mass is 16.5. The van der Waals surface area contributed by atoms with Gasteiger partial charge in [-0.2, -0.15) is 0 Å². The zero-order chi connectivity index (χ0) is 7.98. The molecular weight excluding hydrogens is 132 g/mol. The molecule has 3 nitrogen and oxygen atoms in total.